The lowest BCUT2D eigenvalue weighted by molar-refractivity contribution is -0.160. The van der Waals surface area contributed by atoms with Gasteiger partial charge in [-0.1, -0.05) is 0 Å². The van der Waals surface area contributed by atoms with Crippen LogP contribution in [0.2, 0.25) is 0 Å². The molecule has 3 aromatic rings. The lowest BCUT2D eigenvalue weighted by atomic mass is 10.1. The average Bonchev–Trinajstić information content (AvgIpc) is 2.87. The number of fused-ring (bicyclic) bond motifs is 1. The Bertz CT molecular complexity index is 1310. The number of hydrogen-bond donors (Lipinski definition) is 5. The van der Waals surface area contributed by atoms with Crippen LogP contribution in [0.4, 0.5) is 0 Å². The summed E-state index contributed by atoms with van der Waals surface area (Å²) in [5.41, 5.74) is -0.304. The molecule has 36 heavy (non-hydrogen) atoms. The molecule has 0 amide bonds. The van der Waals surface area contributed by atoms with Crippen LogP contribution in [0.3, 0.4) is 0 Å². The summed E-state index contributed by atoms with van der Waals surface area (Å²) < 4.78 is 26.6. The highest BCUT2D eigenvalue weighted by Crippen LogP contribution is 2.40. The lowest BCUT2D eigenvalue weighted by Crippen LogP contribution is -2.46. The van der Waals surface area contributed by atoms with Crippen LogP contribution in [0.15, 0.2) is 39.5 Å². The number of aromatic hydroxyl groups is 1. The number of aliphatic hydroxyl groups is 4. The van der Waals surface area contributed by atoms with E-state index in [0.29, 0.717) is 5.56 Å². The van der Waals surface area contributed by atoms with Gasteiger partial charge in [0.15, 0.2) is 40.6 Å². The highest BCUT2D eigenvalue weighted by molar-refractivity contribution is 5.89. The Labute approximate surface area is 204 Å². The van der Waals surface area contributed by atoms with Crippen LogP contribution in [0.25, 0.3) is 22.3 Å². The van der Waals surface area contributed by atoms with Gasteiger partial charge >= 0.3 is 0 Å². The highest BCUT2D eigenvalue weighted by Gasteiger charge is 2.34. The molecule has 0 aliphatic rings. The first-order chi connectivity index (χ1) is 17.0. The van der Waals surface area contributed by atoms with Crippen molar-refractivity contribution in [3.05, 3.63) is 40.6 Å². The summed E-state index contributed by atoms with van der Waals surface area (Å²) >= 11 is 0. The number of aliphatic hydroxyl groups excluding tert-OH is 4. The van der Waals surface area contributed by atoms with E-state index in [1.54, 1.807) is 0 Å². The monoisotopic (exact) mass is 506 g/mol. The van der Waals surface area contributed by atoms with E-state index in [4.69, 9.17) is 23.4 Å². The largest absolute Gasteiger partial charge is 0.504 e. The molecule has 0 spiro atoms. The van der Waals surface area contributed by atoms with Crippen molar-refractivity contribution in [2.45, 2.75) is 31.5 Å². The van der Waals surface area contributed by atoms with Gasteiger partial charge in [0, 0.05) is 5.56 Å². The zero-order valence-electron chi connectivity index (χ0n) is 19.8. The van der Waals surface area contributed by atoms with E-state index in [1.165, 1.54) is 51.7 Å². The summed E-state index contributed by atoms with van der Waals surface area (Å²) in [6.45, 7) is 1.14. The Morgan fingerprint density at radius 2 is 1.53 bits per heavy atom. The van der Waals surface area contributed by atoms with Crippen molar-refractivity contribution in [3.8, 4) is 40.1 Å². The number of hydrogen-bond acceptors (Lipinski definition) is 12. The SMILES string of the molecule is COc1cc(-c2oc3ccc(OC)c(O)c3c(=O)c2OC)ccc1OC(O)C(O)C(=O)C(O)C(C)O. The minimum absolute atomic E-state index is 0.000216. The van der Waals surface area contributed by atoms with Crippen LogP contribution >= 0.6 is 0 Å². The highest BCUT2D eigenvalue weighted by atomic mass is 16.6. The zero-order valence-corrected chi connectivity index (χ0v) is 19.8. The summed E-state index contributed by atoms with van der Waals surface area (Å²) in [7, 11) is 3.88. The van der Waals surface area contributed by atoms with Gasteiger partial charge in [0.25, 0.3) is 0 Å². The van der Waals surface area contributed by atoms with Crippen LogP contribution in [0.1, 0.15) is 6.92 Å². The lowest BCUT2D eigenvalue weighted by Gasteiger charge is -2.22. The Hall–Kier alpha value is -3.84. The maximum absolute atomic E-state index is 13.1. The number of benzene rings is 2. The number of carbonyl (C=O) groups excluding carboxylic acids is 1. The molecule has 1 aromatic heterocycles. The summed E-state index contributed by atoms with van der Waals surface area (Å²) in [6.07, 6.45) is -7.66. The van der Waals surface area contributed by atoms with Gasteiger partial charge in [-0.05, 0) is 37.3 Å². The molecule has 0 saturated heterocycles. The molecule has 0 bridgehead atoms. The molecule has 194 valence electrons. The van der Waals surface area contributed by atoms with Crippen molar-refractivity contribution < 1.29 is 53.7 Å². The third kappa shape index (κ3) is 4.93. The van der Waals surface area contributed by atoms with Gasteiger partial charge in [-0.25, -0.2) is 0 Å². The number of ether oxygens (including phenoxy) is 4. The Morgan fingerprint density at radius 3 is 2.11 bits per heavy atom. The summed E-state index contributed by atoms with van der Waals surface area (Å²) in [4.78, 5) is 25.0. The van der Waals surface area contributed by atoms with Crippen molar-refractivity contribution in [2.75, 3.05) is 21.3 Å². The Morgan fingerprint density at radius 1 is 0.889 bits per heavy atom. The fourth-order valence-corrected chi connectivity index (χ4v) is 3.43. The van der Waals surface area contributed by atoms with Crippen molar-refractivity contribution in [3.63, 3.8) is 0 Å². The molecule has 12 heteroatoms. The van der Waals surface area contributed by atoms with E-state index < -0.39 is 41.6 Å². The van der Waals surface area contributed by atoms with Crippen LogP contribution in [-0.4, -0.2) is 77.2 Å². The maximum Gasteiger partial charge on any atom is 0.239 e. The van der Waals surface area contributed by atoms with Gasteiger partial charge in [0.1, 0.15) is 17.1 Å². The molecule has 3 rings (SSSR count). The minimum Gasteiger partial charge on any atom is -0.504 e. The normalized spacial score (nSPS) is 14.6. The number of phenols is 1. The first-order valence-corrected chi connectivity index (χ1v) is 10.6. The number of phenolic OH excluding ortho intramolecular Hbond substituents is 1. The molecule has 0 fully saturated rings. The summed E-state index contributed by atoms with van der Waals surface area (Å²) in [5, 5.41) is 49.3. The van der Waals surface area contributed by atoms with E-state index in [0.717, 1.165) is 6.92 Å². The number of carbonyl (C=O) groups is 1. The Kier molecular flexibility index (Phi) is 8.05. The summed E-state index contributed by atoms with van der Waals surface area (Å²) in [6, 6.07) is 7.01. The first kappa shape index (κ1) is 26.8. The van der Waals surface area contributed by atoms with Crippen molar-refractivity contribution in [1.82, 2.24) is 0 Å². The van der Waals surface area contributed by atoms with Crippen molar-refractivity contribution >= 4 is 16.8 Å². The van der Waals surface area contributed by atoms with E-state index in [-0.39, 0.29) is 39.7 Å². The summed E-state index contributed by atoms with van der Waals surface area (Å²) in [5.74, 6) is -1.86. The van der Waals surface area contributed by atoms with E-state index in [9.17, 15) is 35.1 Å². The van der Waals surface area contributed by atoms with Crippen molar-refractivity contribution in [1.29, 1.82) is 0 Å². The van der Waals surface area contributed by atoms with Gasteiger partial charge in [-0.15, -0.1) is 0 Å². The number of methoxy groups -OCH3 is 3. The molecule has 4 atom stereocenters. The molecule has 2 aromatic carbocycles. The standard InChI is InChI=1S/C24H26O12/c1-10(25)17(26)20(29)21(30)24(31)36-12-6-5-11(9-15(12)33-3)22-23(34-4)19(28)16-13(35-22)7-8-14(32-2)18(16)27/h5-10,17,21,24-27,30-31H,1-4H3. The fraction of sp³-hybridized carbons (Fsp3) is 0.333. The molecule has 0 radical (unpaired) electrons. The van der Waals surface area contributed by atoms with Gasteiger partial charge < -0.3 is 48.9 Å². The van der Waals surface area contributed by atoms with Gasteiger partial charge in [0.2, 0.25) is 17.5 Å². The predicted molar refractivity (Wildman–Crippen MR) is 125 cm³/mol. The van der Waals surface area contributed by atoms with Crippen molar-refractivity contribution in [2.24, 2.45) is 0 Å². The van der Waals surface area contributed by atoms with Crippen LogP contribution in [-0.2, 0) is 4.79 Å². The molecule has 0 aliphatic heterocycles. The van der Waals surface area contributed by atoms with Gasteiger partial charge in [-0.2, -0.15) is 0 Å². The van der Waals surface area contributed by atoms with Crippen LogP contribution in [0, 0.1) is 0 Å². The maximum atomic E-state index is 13.1. The molecule has 0 aliphatic carbocycles. The Balaban J connectivity index is 2.01. The second kappa shape index (κ2) is 10.8. The molecular weight excluding hydrogens is 480 g/mol. The van der Waals surface area contributed by atoms with Crippen LogP contribution < -0.4 is 24.4 Å². The minimum atomic E-state index is -2.16. The van der Waals surface area contributed by atoms with Gasteiger partial charge in [-0.3, -0.25) is 9.59 Å². The number of Topliss-reactive ketones (excluding diaryl/α,β-unsaturated/α-hetero) is 1. The average molecular weight is 506 g/mol. The van der Waals surface area contributed by atoms with Gasteiger partial charge in [0.05, 0.1) is 27.4 Å². The molecule has 4 unspecified atom stereocenters. The molecular formula is C24H26O12. The van der Waals surface area contributed by atoms with Crippen LogP contribution in [0.5, 0.6) is 28.7 Å². The topological polar surface area (TPSA) is 185 Å². The second-order valence-corrected chi connectivity index (χ2v) is 7.69. The molecule has 5 N–H and O–H groups in total. The quantitative estimate of drug-likeness (QED) is 0.241. The smallest absolute Gasteiger partial charge is 0.239 e. The third-order valence-corrected chi connectivity index (χ3v) is 5.36. The predicted octanol–water partition coefficient (Wildman–Crippen LogP) is 0.560. The third-order valence-electron chi connectivity index (χ3n) is 5.36. The molecule has 12 nitrogen and oxygen atoms in total. The number of rotatable bonds is 10. The zero-order chi connectivity index (χ0) is 26.7. The molecule has 1 heterocycles. The fourth-order valence-electron chi connectivity index (χ4n) is 3.43. The first-order valence-electron chi connectivity index (χ1n) is 10.6. The second-order valence-electron chi connectivity index (χ2n) is 7.69. The number of ketones is 1. The van der Waals surface area contributed by atoms with E-state index in [1.807, 2.05) is 0 Å². The van der Waals surface area contributed by atoms with E-state index in [2.05, 4.69) is 0 Å². The molecule has 0 saturated carbocycles. The van der Waals surface area contributed by atoms with E-state index >= 15 is 0 Å².